The Kier molecular flexibility index (Phi) is 3.24. The topological polar surface area (TPSA) is 30.9 Å². The van der Waals surface area contributed by atoms with Gasteiger partial charge in [0.2, 0.25) is 0 Å². The van der Waals surface area contributed by atoms with Crippen molar-refractivity contribution < 1.29 is 0 Å². The molecule has 0 radical (unpaired) electrons. The van der Waals surface area contributed by atoms with Crippen molar-refractivity contribution in [2.75, 3.05) is 6.54 Å². The highest BCUT2D eigenvalue weighted by Gasteiger charge is 2.26. The van der Waals surface area contributed by atoms with Crippen molar-refractivity contribution in [1.82, 2.24) is 4.57 Å². The summed E-state index contributed by atoms with van der Waals surface area (Å²) >= 11 is 0. The van der Waals surface area contributed by atoms with Crippen LogP contribution in [-0.4, -0.2) is 11.1 Å². The van der Waals surface area contributed by atoms with E-state index in [1.54, 1.807) is 0 Å². The first-order valence-corrected chi connectivity index (χ1v) is 6.64. The van der Waals surface area contributed by atoms with E-state index in [1.807, 2.05) is 0 Å². The second-order valence-corrected chi connectivity index (χ2v) is 5.96. The van der Waals surface area contributed by atoms with Gasteiger partial charge in [-0.1, -0.05) is 26.0 Å². The van der Waals surface area contributed by atoms with E-state index in [9.17, 15) is 0 Å². The van der Waals surface area contributed by atoms with Crippen molar-refractivity contribution in [2.24, 2.45) is 12.8 Å². The summed E-state index contributed by atoms with van der Waals surface area (Å²) in [6.45, 7) is 9.67. The van der Waals surface area contributed by atoms with Crippen LogP contribution in [0.4, 0.5) is 0 Å². The minimum Gasteiger partial charge on any atom is -0.348 e. The summed E-state index contributed by atoms with van der Waals surface area (Å²) < 4.78 is 2.30. The molecule has 0 saturated heterocycles. The van der Waals surface area contributed by atoms with Crippen LogP contribution in [0.2, 0.25) is 0 Å². The van der Waals surface area contributed by atoms with Gasteiger partial charge in [0.05, 0.1) is 0 Å². The molecule has 1 aromatic heterocycles. The average molecular weight is 244 g/mol. The number of aromatic nitrogens is 1. The van der Waals surface area contributed by atoms with E-state index < -0.39 is 0 Å². The molecule has 0 amide bonds. The van der Waals surface area contributed by atoms with Gasteiger partial charge in [-0.15, -0.1) is 0 Å². The predicted octanol–water partition coefficient (Wildman–Crippen LogP) is 3.42. The number of aryl methyl sites for hydroxylation is 2. The smallest absolute Gasteiger partial charge is 0.0485 e. The molecule has 0 atom stereocenters. The number of nitrogens with zero attached hydrogens (tertiary/aromatic N) is 1. The minimum atomic E-state index is 0.133. The van der Waals surface area contributed by atoms with Gasteiger partial charge in [0.15, 0.2) is 0 Å². The number of nitrogens with two attached hydrogens (primary N) is 1. The molecule has 0 unspecified atom stereocenters. The third-order valence-corrected chi connectivity index (χ3v) is 4.09. The van der Waals surface area contributed by atoms with E-state index in [-0.39, 0.29) is 5.41 Å². The molecule has 0 aliphatic carbocycles. The van der Waals surface area contributed by atoms with Gasteiger partial charge in [-0.2, -0.15) is 0 Å². The normalized spacial score (nSPS) is 12.3. The molecule has 2 N–H and O–H groups in total. The fraction of sp³-hybridized carbons (Fsp3) is 0.500. The Bertz CT molecular complexity index is 576. The highest BCUT2D eigenvalue weighted by atomic mass is 14.9. The number of hydrogen-bond acceptors (Lipinski definition) is 1. The van der Waals surface area contributed by atoms with Crippen LogP contribution >= 0.6 is 0 Å². The quantitative estimate of drug-likeness (QED) is 0.881. The Morgan fingerprint density at radius 2 is 1.89 bits per heavy atom. The molecule has 98 valence electrons. The number of hydrogen-bond donors (Lipinski definition) is 1. The van der Waals surface area contributed by atoms with Crippen molar-refractivity contribution in [3.63, 3.8) is 0 Å². The summed E-state index contributed by atoms with van der Waals surface area (Å²) in [5, 5.41) is 1.37. The van der Waals surface area contributed by atoms with Crippen LogP contribution in [0.15, 0.2) is 18.2 Å². The number of rotatable bonds is 3. The van der Waals surface area contributed by atoms with Gasteiger partial charge >= 0.3 is 0 Å². The lowest BCUT2D eigenvalue weighted by molar-refractivity contribution is 0.487. The molecule has 2 rings (SSSR count). The molecule has 0 spiro atoms. The van der Waals surface area contributed by atoms with Crippen molar-refractivity contribution in [1.29, 1.82) is 0 Å². The summed E-state index contributed by atoms with van der Waals surface area (Å²) in [4.78, 5) is 0. The first-order valence-electron chi connectivity index (χ1n) is 6.64. The zero-order chi connectivity index (χ0) is 13.5. The van der Waals surface area contributed by atoms with Gasteiger partial charge in [0.25, 0.3) is 0 Å². The number of fused-ring (bicyclic) bond motifs is 1. The van der Waals surface area contributed by atoms with Crippen LogP contribution in [0.3, 0.4) is 0 Å². The first-order chi connectivity index (χ1) is 8.38. The monoisotopic (exact) mass is 244 g/mol. The molecular formula is C16H24N2. The molecule has 18 heavy (non-hydrogen) atoms. The van der Waals surface area contributed by atoms with Crippen molar-refractivity contribution in [3.8, 4) is 0 Å². The zero-order valence-corrected chi connectivity index (χ0v) is 12.2. The SMILES string of the molecule is Cc1ccc2c(C(C)(C)CCN)c(C)n(C)c2c1. The Hall–Kier alpha value is -1.28. The predicted molar refractivity (Wildman–Crippen MR) is 79.1 cm³/mol. The summed E-state index contributed by atoms with van der Waals surface area (Å²) in [6.07, 6.45) is 1.01. The maximum absolute atomic E-state index is 5.77. The lowest BCUT2D eigenvalue weighted by Gasteiger charge is -2.25. The molecule has 0 fully saturated rings. The van der Waals surface area contributed by atoms with Gasteiger partial charge in [0.1, 0.15) is 0 Å². The second-order valence-electron chi connectivity index (χ2n) is 5.96. The molecule has 0 aliphatic heterocycles. The third kappa shape index (κ3) is 1.95. The summed E-state index contributed by atoms with van der Waals surface area (Å²) in [6, 6.07) is 6.72. The lowest BCUT2D eigenvalue weighted by Crippen LogP contribution is -2.22. The number of benzene rings is 1. The van der Waals surface area contributed by atoms with E-state index in [2.05, 4.69) is 57.5 Å². The zero-order valence-electron chi connectivity index (χ0n) is 12.2. The van der Waals surface area contributed by atoms with Gasteiger partial charge in [-0.3, -0.25) is 0 Å². The lowest BCUT2D eigenvalue weighted by atomic mass is 9.80. The summed E-state index contributed by atoms with van der Waals surface area (Å²) in [5.41, 5.74) is 11.3. The molecule has 0 saturated carbocycles. The molecule has 1 aromatic carbocycles. The van der Waals surface area contributed by atoms with Crippen LogP contribution in [0, 0.1) is 13.8 Å². The van der Waals surface area contributed by atoms with E-state index >= 15 is 0 Å². The maximum atomic E-state index is 5.77. The Morgan fingerprint density at radius 3 is 2.50 bits per heavy atom. The summed E-state index contributed by atoms with van der Waals surface area (Å²) in [5.74, 6) is 0. The maximum Gasteiger partial charge on any atom is 0.0485 e. The van der Waals surface area contributed by atoms with Crippen molar-refractivity contribution >= 4 is 10.9 Å². The van der Waals surface area contributed by atoms with E-state index in [1.165, 1.54) is 27.7 Å². The van der Waals surface area contributed by atoms with E-state index in [0.29, 0.717) is 0 Å². The van der Waals surface area contributed by atoms with E-state index in [4.69, 9.17) is 5.73 Å². The molecule has 2 nitrogen and oxygen atoms in total. The highest BCUT2D eigenvalue weighted by molar-refractivity contribution is 5.87. The van der Waals surface area contributed by atoms with Gasteiger partial charge in [-0.25, -0.2) is 0 Å². The molecular weight excluding hydrogens is 220 g/mol. The van der Waals surface area contributed by atoms with Gasteiger partial charge < -0.3 is 10.3 Å². The molecule has 0 aliphatic rings. The van der Waals surface area contributed by atoms with Crippen LogP contribution in [-0.2, 0) is 12.5 Å². The Balaban J connectivity index is 2.75. The van der Waals surface area contributed by atoms with Gasteiger partial charge in [-0.05, 0) is 49.4 Å². The molecule has 1 heterocycles. The molecule has 2 aromatic rings. The fourth-order valence-electron chi connectivity index (χ4n) is 3.01. The Morgan fingerprint density at radius 1 is 1.22 bits per heavy atom. The molecule has 0 bridgehead atoms. The highest BCUT2D eigenvalue weighted by Crippen LogP contribution is 2.37. The Labute approximate surface area is 110 Å². The summed E-state index contributed by atoms with van der Waals surface area (Å²) in [7, 11) is 2.15. The van der Waals surface area contributed by atoms with E-state index in [0.717, 1.165) is 13.0 Å². The largest absolute Gasteiger partial charge is 0.348 e. The third-order valence-electron chi connectivity index (χ3n) is 4.09. The second kappa shape index (κ2) is 4.43. The molecule has 2 heteroatoms. The standard InChI is InChI=1S/C16H24N2/c1-11-6-7-13-14(10-11)18(5)12(2)15(13)16(3,4)8-9-17/h6-7,10H,8-9,17H2,1-5H3. The van der Waals surface area contributed by atoms with Crippen LogP contribution < -0.4 is 5.73 Å². The minimum absolute atomic E-state index is 0.133. The van der Waals surface area contributed by atoms with Crippen molar-refractivity contribution in [3.05, 3.63) is 35.0 Å². The van der Waals surface area contributed by atoms with Gasteiger partial charge in [0, 0.05) is 23.6 Å². The van der Waals surface area contributed by atoms with Crippen LogP contribution in [0.25, 0.3) is 10.9 Å². The van der Waals surface area contributed by atoms with Crippen LogP contribution in [0.5, 0.6) is 0 Å². The van der Waals surface area contributed by atoms with Crippen molar-refractivity contribution in [2.45, 2.75) is 39.5 Å². The van der Waals surface area contributed by atoms with Crippen LogP contribution in [0.1, 0.15) is 37.1 Å². The average Bonchev–Trinajstić information content (AvgIpc) is 2.53. The first kappa shape index (κ1) is 13.2. The fourth-order valence-corrected chi connectivity index (χ4v) is 3.01.